The molecule has 1 fully saturated rings. The SMILES string of the molecule is C/C=C/CC(CCCC)(CSC(C)=O)C1OCCO1. The van der Waals surface area contributed by atoms with Crippen LogP contribution in [0.2, 0.25) is 0 Å². The molecule has 0 aromatic rings. The molecule has 0 saturated carbocycles. The first-order valence-corrected chi connectivity index (χ1v) is 8.11. The van der Waals surface area contributed by atoms with E-state index in [-0.39, 0.29) is 16.8 Å². The number of ether oxygens (including phenoxy) is 2. The number of allylic oxidation sites excluding steroid dienone is 2. The van der Waals surface area contributed by atoms with E-state index in [9.17, 15) is 4.79 Å². The van der Waals surface area contributed by atoms with Crippen molar-refractivity contribution in [2.24, 2.45) is 5.41 Å². The molecule has 1 aliphatic heterocycles. The summed E-state index contributed by atoms with van der Waals surface area (Å²) >= 11 is 1.39. The highest BCUT2D eigenvalue weighted by atomic mass is 32.2. The molecule has 1 rings (SSSR count). The first-order chi connectivity index (χ1) is 9.14. The van der Waals surface area contributed by atoms with Crippen LogP contribution in [-0.4, -0.2) is 30.4 Å². The Balaban J connectivity index is 2.81. The van der Waals surface area contributed by atoms with Gasteiger partial charge in [-0.3, -0.25) is 4.79 Å². The molecule has 4 heteroatoms. The van der Waals surface area contributed by atoms with Crippen LogP contribution in [0.1, 0.15) is 46.5 Å². The lowest BCUT2D eigenvalue weighted by Crippen LogP contribution is -2.38. The average Bonchev–Trinajstić information content (AvgIpc) is 2.93. The highest BCUT2D eigenvalue weighted by Crippen LogP contribution is 2.40. The molecule has 0 bridgehead atoms. The summed E-state index contributed by atoms with van der Waals surface area (Å²) in [6.45, 7) is 7.17. The molecule has 3 nitrogen and oxygen atoms in total. The Morgan fingerprint density at radius 1 is 1.42 bits per heavy atom. The van der Waals surface area contributed by atoms with Gasteiger partial charge in [-0.25, -0.2) is 0 Å². The smallest absolute Gasteiger partial charge is 0.185 e. The first-order valence-electron chi connectivity index (χ1n) is 7.12. The summed E-state index contributed by atoms with van der Waals surface area (Å²) in [5, 5.41) is 0.166. The van der Waals surface area contributed by atoms with Crippen LogP contribution in [0.15, 0.2) is 12.2 Å². The molecule has 1 atom stereocenters. The van der Waals surface area contributed by atoms with Crippen LogP contribution in [0.5, 0.6) is 0 Å². The molecule has 0 radical (unpaired) electrons. The van der Waals surface area contributed by atoms with Crippen LogP contribution in [0.3, 0.4) is 0 Å². The van der Waals surface area contributed by atoms with Gasteiger partial charge in [-0.1, -0.05) is 43.7 Å². The lowest BCUT2D eigenvalue weighted by molar-refractivity contribution is -0.127. The second-order valence-electron chi connectivity index (χ2n) is 5.09. The Hall–Kier alpha value is -0.320. The van der Waals surface area contributed by atoms with Crippen molar-refractivity contribution in [3.63, 3.8) is 0 Å². The van der Waals surface area contributed by atoms with Crippen molar-refractivity contribution in [2.75, 3.05) is 19.0 Å². The zero-order valence-electron chi connectivity index (χ0n) is 12.3. The van der Waals surface area contributed by atoms with Gasteiger partial charge in [0.05, 0.1) is 13.2 Å². The van der Waals surface area contributed by atoms with Crippen molar-refractivity contribution in [3.05, 3.63) is 12.2 Å². The molecule has 1 aliphatic rings. The number of hydrogen-bond acceptors (Lipinski definition) is 4. The minimum absolute atomic E-state index is 0.0741. The van der Waals surface area contributed by atoms with Crippen molar-refractivity contribution < 1.29 is 14.3 Å². The molecule has 0 spiro atoms. The molecule has 19 heavy (non-hydrogen) atoms. The molecule has 0 N–H and O–H groups in total. The van der Waals surface area contributed by atoms with Gasteiger partial charge in [0.25, 0.3) is 0 Å². The monoisotopic (exact) mass is 286 g/mol. The van der Waals surface area contributed by atoms with Gasteiger partial charge in [0.1, 0.15) is 0 Å². The van der Waals surface area contributed by atoms with Crippen LogP contribution in [0.25, 0.3) is 0 Å². The highest BCUT2D eigenvalue weighted by molar-refractivity contribution is 8.13. The van der Waals surface area contributed by atoms with Crippen LogP contribution in [-0.2, 0) is 14.3 Å². The summed E-state index contributed by atoms with van der Waals surface area (Å²) < 4.78 is 11.5. The number of rotatable bonds is 8. The Kier molecular flexibility index (Phi) is 7.73. The fourth-order valence-electron chi connectivity index (χ4n) is 2.35. The van der Waals surface area contributed by atoms with Crippen molar-refractivity contribution in [1.29, 1.82) is 0 Å². The maximum atomic E-state index is 11.3. The van der Waals surface area contributed by atoms with Crippen molar-refractivity contribution in [3.8, 4) is 0 Å². The van der Waals surface area contributed by atoms with E-state index in [0.29, 0.717) is 13.2 Å². The fraction of sp³-hybridized carbons (Fsp3) is 0.800. The lowest BCUT2D eigenvalue weighted by Gasteiger charge is -2.36. The summed E-state index contributed by atoms with van der Waals surface area (Å²) in [4.78, 5) is 11.3. The third-order valence-electron chi connectivity index (χ3n) is 3.47. The molecule has 0 amide bonds. The molecular weight excluding hydrogens is 260 g/mol. The van der Waals surface area contributed by atoms with E-state index in [2.05, 4.69) is 19.1 Å². The van der Waals surface area contributed by atoms with E-state index < -0.39 is 0 Å². The molecule has 0 aliphatic carbocycles. The summed E-state index contributed by atoms with van der Waals surface area (Å²) in [6.07, 6.45) is 8.30. The molecule has 0 aromatic heterocycles. The quantitative estimate of drug-likeness (QED) is 0.636. The first kappa shape index (κ1) is 16.7. The van der Waals surface area contributed by atoms with Crippen LogP contribution in [0, 0.1) is 5.41 Å². The Morgan fingerprint density at radius 3 is 2.63 bits per heavy atom. The zero-order chi connectivity index (χ0) is 14.1. The van der Waals surface area contributed by atoms with Gasteiger partial charge in [0.2, 0.25) is 0 Å². The van der Waals surface area contributed by atoms with E-state index in [0.717, 1.165) is 31.4 Å². The third kappa shape index (κ3) is 5.28. The van der Waals surface area contributed by atoms with E-state index in [1.54, 1.807) is 6.92 Å². The zero-order valence-corrected chi connectivity index (χ0v) is 13.1. The van der Waals surface area contributed by atoms with E-state index in [1.165, 1.54) is 11.8 Å². The predicted molar refractivity (Wildman–Crippen MR) is 80.2 cm³/mol. The number of hydrogen-bond donors (Lipinski definition) is 0. The van der Waals surface area contributed by atoms with Crippen LogP contribution >= 0.6 is 11.8 Å². The second-order valence-corrected chi connectivity index (χ2v) is 6.25. The maximum absolute atomic E-state index is 11.3. The van der Waals surface area contributed by atoms with Crippen molar-refractivity contribution in [2.45, 2.75) is 52.7 Å². The topological polar surface area (TPSA) is 35.5 Å². The number of carbonyl (C=O) groups is 1. The number of carbonyl (C=O) groups excluding carboxylic acids is 1. The molecule has 1 heterocycles. The van der Waals surface area contributed by atoms with Gasteiger partial charge in [-0.2, -0.15) is 0 Å². The number of thioether (sulfide) groups is 1. The standard InChI is InChI=1S/C15H26O3S/c1-4-6-8-15(9-7-5-2,12-19-13(3)16)14-17-10-11-18-14/h4,6,14H,5,7-12H2,1-3H3/b6-4+. The van der Waals surface area contributed by atoms with Crippen LogP contribution < -0.4 is 0 Å². The minimum Gasteiger partial charge on any atom is -0.350 e. The Labute approximate surface area is 121 Å². The Morgan fingerprint density at radius 2 is 2.11 bits per heavy atom. The summed E-state index contributed by atoms with van der Waals surface area (Å²) in [5.74, 6) is 0.775. The molecule has 1 unspecified atom stereocenters. The molecule has 1 saturated heterocycles. The third-order valence-corrected chi connectivity index (χ3v) is 4.60. The molecule has 0 aromatic carbocycles. The van der Waals surface area contributed by atoms with Gasteiger partial charge in [0.15, 0.2) is 11.4 Å². The molecular formula is C15H26O3S. The van der Waals surface area contributed by atoms with Gasteiger partial charge < -0.3 is 9.47 Å². The summed E-state index contributed by atoms with van der Waals surface area (Å²) in [6, 6.07) is 0. The van der Waals surface area contributed by atoms with E-state index >= 15 is 0 Å². The van der Waals surface area contributed by atoms with Gasteiger partial charge >= 0.3 is 0 Å². The van der Waals surface area contributed by atoms with Crippen LogP contribution in [0.4, 0.5) is 0 Å². The number of unbranched alkanes of at least 4 members (excludes halogenated alkanes) is 1. The van der Waals surface area contributed by atoms with Gasteiger partial charge in [-0.15, -0.1) is 0 Å². The maximum Gasteiger partial charge on any atom is 0.185 e. The second kappa shape index (κ2) is 8.77. The normalized spacial score (nSPS) is 19.9. The van der Waals surface area contributed by atoms with Gasteiger partial charge in [0, 0.05) is 18.1 Å². The van der Waals surface area contributed by atoms with Crippen molar-refractivity contribution >= 4 is 16.9 Å². The lowest BCUT2D eigenvalue weighted by atomic mass is 9.80. The van der Waals surface area contributed by atoms with E-state index in [1.807, 2.05) is 6.92 Å². The Bertz CT molecular complexity index is 298. The highest BCUT2D eigenvalue weighted by Gasteiger charge is 2.41. The van der Waals surface area contributed by atoms with Crippen molar-refractivity contribution in [1.82, 2.24) is 0 Å². The van der Waals surface area contributed by atoms with Gasteiger partial charge in [-0.05, 0) is 19.8 Å². The molecule has 110 valence electrons. The fourth-order valence-corrected chi connectivity index (χ4v) is 3.24. The largest absolute Gasteiger partial charge is 0.350 e. The van der Waals surface area contributed by atoms with E-state index in [4.69, 9.17) is 9.47 Å². The minimum atomic E-state index is -0.165. The average molecular weight is 286 g/mol. The summed E-state index contributed by atoms with van der Waals surface area (Å²) in [7, 11) is 0. The predicted octanol–water partition coefficient (Wildman–Crippen LogP) is 3.78. The summed E-state index contributed by atoms with van der Waals surface area (Å²) in [5.41, 5.74) is -0.0741.